The number of hydrogen-bond acceptors (Lipinski definition) is 8. The predicted molar refractivity (Wildman–Crippen MR) is 130 cm³/mol. The number of halogens is 1. The first kappa shape index (κ1) is 22.5. The number of nitrogens with zero attached hydrogens (tertiary/aromatic N) is 4. The van der Waals surface area contributed by atoms with Crippen LogP contribution in [0.2, 0.25) is 5.15 Å². The topological polar surface area (TPSA) is 173 Å². The summed E-state index contributed by atoms with van der Waals surface area (Å²) in [4.78, 5) is 44.8. The van der Waals surface area contributed by atoms with Crippen molar-refractivity contribution < 1.29 is 19.1 Å². The number of nitrogens with two attached hydrogens (primary N) is 1. The Morgan fingerprint density at radius 3 is 2.64 bits per heavy atom. The minimum absolute atomic E-state index is 0.0000503. The van der Waals surface area contributed by atoms with Crippen molar-refractivity contribution in [3.8, 4) is 22.8 Å². The molecule has 11 nitrogen and oxygen atoms in total. The van der Waals surface area contributed by atoms with Crippen LogP contribution in [-0.2, 0) is 4.79 Å². The number of aromatic amines is 1. The highest BCUT2D eigenvalue weighted by Gasteiger charge is 2.47. The zero-order valence-corrected chi connectivity index (χ0v) is 19.7. The zero-order chi connectivity index (χ0) is 25.0. The van der Waals surface area contributed by atoms with E-state index in [1.807, 2.05) is 0 Å². The highest BCUT2D eigenvalue weighted by atomic mass is 35.5. The molecule has 4 aromatic rings. The van der Waals surface area contributed by atoms with Crippen LogP contribution in [0.25, 0.3) is 34.0 Å². The lowest BCUT2D eigenvalue weighted by molar-refractivity contribution is -0.148. The molecule has 0 saturated heterocycles. The summed E-state index contributed by atoms with van der Waals surface area (Å²) in [6.07, 6.45) is 6.94. The van der Waals surface area contributed by atoms with Gasteiger partial charge in [0.25, 0.3) is 5.91 Å². The third-order valence-electron chi connectivity index (χ3n) is 7.24. The van der Waals surface area contributed by atoms with E-state index in [-0.39, 0.29) is 28.8 Å². The average molecular weight is 508 g/mol. The molecule has 2 bridgehead atoms. The maximum Gasteiger partial charge on any atom is 0.308 e. The first-order valence-electron chi connectivity index (χ1n) is 11.7. The van der Waals surface area contributed by atoms with Gasteiger partial charge in [0.1, 0.15) is 22.2 Å². The van der Waals surface area contributed by atoms with Crippen LogP contribution < -0.4 is 11.1 Å². The normalized spacial score (nSPS) is 23.1. The molecule has 0 aliphatic heterocycles. The number of carboxylic acids is 1. The quantitative estimate of drug-likeness (QED) is 0.303. The highest BCUT2D eigenvalue weighted by molar-refractivity contribution is 6.29. The summed E-state index contributed by atoms with van der Waals surface area (Å²) in [6.45, 7) is 0. The predicted octanol–water partition coefficient (Wildman–Crippen LogP) is 3.73. The van der Waals surface area contributed by atoms with Gasteiger partial charge in [-0.15, -0.1) is 0 Å². The summed E-state index contributed by atoms with van der Waals surface area (Å²) in [5, 5.41) is 13.6. The van der Waals surface area contributed by atoms with Crippen LogP contribution in [0.5, 0.6) is 0 Å². The van der Waals surface area contributed by atoms with Crippen molar-refractivity contribution in [2.45, 2.75) is 31.7 Å². The summed E-state index contributed by atoms with van der Waals surface area (Å²) in [7, 11) is 0. The van der Waals surface area contributed by atoms with Crippen LogP contribution in [0, 0.1) is 17.8 Å². The van der Waals surface area contributed by atoms with Crippen molar-refractivity contribution in [3.63, 3.8) is 0 Å². The molecule has 0 unspecified atom stereocenters. The van der Waals surface area contributed by atoms with Crippen LogP contribution >= 0.6 is 11.6 Å². The Kier molecular flexibility index (Phi) is 5.36. The summed E-state index contributed by atoms with van der Waals surface area (Å²) < 4.78 is 5.62. The van der Waals surface area contributed by atoms with Gasteiger partial charge in [0.05, 0.1) is 17.7 Å². The van der Waals surface area contributed by atoms with Crippen LogP contribution in [0.15, 0.2) is 35.0 Å². The molecule has 3 saturated carbocycles. The highest BCUT2D eigenvalue weighted by Crippen LogP contribution is 2.46. The molecule has 7 rings (SSSR count). The van der Waals surface area contributed by atoms with E-state index in [0.717, 1.165) is 25.7 Å². The van der Waals surface area contributed by atoms with Gasteiger partial charge >= 0.3 is 5.97 Å². The second-order valence-corrected chi connectivity index (χ2v) is 9.68. The van der Waals surface area contributed by atoms with E-state index in [4.69, 9.17) is 26.7 Å². The number of H-pyrrole nitrogens is 1. The molecular formula is C24H22ClN7O4. The Bertz CT molecular complexity index is 1490. The van der Waals surface area contributed by atoms with Gasteiger partial charge in [-0.2, -0.15) is 0 Å². The van der Waals surface area contributed by atoms with Gasteiger partial charge in [-0.05, 0) is 49.7 Å². The number of fused-ring (bicyclic) bond motifs is 4. The summed E-state index contributed by atoms with van der Waals surface area (Å²) in [5.74, 6) is -0.543. The number of aliphatic carboxylic acids is 1. The number of carbonyl (C=O) groups excluding carboxylic acids is 1. The van der Waals surface area contributed by atoms with Crippen LogP contribution in [0.1, 0.15) is 36.2 Å². The maximum absolute atomic E-state index is 12.2. The van der Waals surface area contributed by atoms with E-state index in [2.05, 4.69) is 25.3 Å². The smallest absolute Gasteiger partial charge is 0.308 e. The van der Waals surface area contributed by atoms with Crippen molar-refractivity contribution in [2.24, 2.45) is 23.5 Å². The van der Waals surface area contributed by atoms with Crippen molar-refractivity contribution in [2.75, 3.05) is 5.32 Å². The molecule has 4 aromatic heterocycles. The van der Waals surface area contributed by atoms with Gasteiger partial charge in [0.2, 0.25) is 0 Å². The minimum Gasteiger partial charge on any atom is -0.481 e. The molecule has 3 aliphatic carbocycles. The first-order chi connectivity index (χ1) is 17.4. The summed E-state index contributed by atoms with van der Waals surface area (Å²) >= 11 is 6.08. The number of nitrogens with one attached hydrogen (secondary N) is 2. The Morgan fingerprint density at radius 2 is 1.92 bits per heavy atom. The lowest BCUT2D eigenvalue weighted by atomic mass is 9.61. The molecular weight excluding hydrogens is 486 g/mol. The Hall–Kier alpha value is -3.99. The Morgan fingerprint density at radius 1 is 1.14 bits per heavy atom. The van der Waals surface area contributed by atoms with Crippen molar-refractivity contribution in [3.05, 3.63) is 41.5 Å². The van der Waals surface area contributed by atoms with Gasteiger partial charge in [-0.1, -0.05) is 11.6 Å². The third-order valence-corrected chi connectivity index (χ3v) is 7.42. The second kappa shape index (κ2) is 8.59. The fraction of sp³-hybridized carbons (Fsp3) is 0.333. The SMILES string of the molecule is NC(=O)c1ccc(-c2cc(N[C@@H]3C4CCC(CC4)[C@H]3C(=O)O)nc(-c3c[nH]c4ncc(Cl)nc34)n2)o1. The molecule has 0 radical (unpaired) electrons. The van der Waals surface area contributed by atoms with E-state index in [1.54, 1.807) is 18.3 Å². The number of carboxylic acid groups (broad SMARTS) is 1. The standard InChI is InChI=1S/C24H22ClN7O4/c25-16-9-28-23-20(30-16)12(8-27-23)22-29-13(14-5-6-15(36-14)21(26)33)7-17(32-22)31-19-11-3-1-10(2-4-11)18(19)24(34)35/h5-11,18-19H,1-4H2,(H2,26,33)(H,27,28)(H,34,35)(H,29,31,32)/t10?,11?,18-,19-/m1/s1. The second-order valence-electron chi connectivity index (χ2n) is 9.29. The van der Waals surface area contributed by atoms with E-state index in [1.165, 1.54) is 12.3 Å². The summed E-state index contributed by atoms with van der Waals surface area (Å²) in [6, 6.07) is 4.50. The third kappa shape index (κ3) is 3.85. The molecule has 12 heteroatoms. The number of rotatable bonds is 6. The van der Waals surface area contributed by atoms with E-state index >= 15 is 0 Å². The first-order valence-corrected chi connectivity index (χ1v) is 12.0. The molecule has 0 aromatic carbocycles. The number of aromatic nitrogens is 5. The largest absolute Gasteiger partial charge is 0.481 e. The monoisotopic (exact) mass is 507 g/mol. The molecule has 1 amide bonds. The molecule has 3 fully saturated rings. The lowest BCUT2D eigenvalue weighted by Gasteiger charge is -2.47. The van der Waals surface area contributed by atoms with E-state index in [9.17, 15) is 14.7 Å². The molecule has 184 valence electrons. The van der Waals surface area contributed by atoms with Gasteiger partial charge in [-0.3, -0.25) is 9.59 Å². The van der Waals surface area contributed by atoms with Crippen LogP contribution in [0.3, 0.4) is 0 Å². The van der Waals surface area contributed by atoms with E-state index < -0.39 is 17.8 Å². The maximum atomic E-state index is 12.2. The summed E-state index contributed by atoms with van der Waals surface area (Å²) in [5.41, 5.74) is 7.32. The van der Waals surface area contributed by atoms with Crippen LogP contribution in [-0.4, -0.2) is 47.9 Å². The number of primary amides is 1. The number of furan rings is 1. The molecule has 2 atom stereocenters. The molecule has 4 heterocycles. The van der Waals surface area contributed by atoms with E-state index in [0.29, 0.717) is 39.8 Å². The van der Waals surface area contributed by atoms with Gasteiger partial charge in [0, 0.05) is 18.3 Å². The minimum atomic E-state index is -0.796. The van der Waals surface area contributed by atoms with Crippen molar-refractivity contribution in [1.82, 2.24) is 24.9 Å². The number of amides is 1. The lowest BCUT2D eigenvalue weighted by Crippen LogP contribution is -2.51. The van der Waals surface area contributed by atoms with Crippen molar-refractivity contribution in [1.29, 1.82) is 0 Å². The fourth-order valence-corrected chi connectivity index (χ4v) is 5.73. The molecule has 3 aliphatic rings. The van der Waals surface area contributed by atoms with Crippen LogP contribution in [0.4, 0.5) is 5.82 Å². The van der Waals surface area contributed by atoms with Crippen molar-refractivity contribution >= 4 is 40.5 Å². The van der Waals surface area contributed by atoms with Gasteiger partial charge < -0.3 is 25.6 Å². The molecule has 36 heavy (non-hydrogen) atoms. The number of anilines is 1. The van der Waals surface area contributed by atoms with Gasteiger partial charge in [0.15, 0.2) is 23.0 Å². The zero-order valence-electron chi connectivity index (χ0n) is 18.9. The molecule has 5 N–H and O–H groups in total. The van der Waals surface area contributed by atoms with Gasteiger partial charge in [-0.25, -0.2) is 19.9 Å². The Balaban J connectivity index is 1.46. The fourth-order valence-electron chi connectivity index (χ4n) is 5.60. The average Bonchev–Trinajstić information content (AvgIpc) is 3.52. The molecule has 0 spiro atoms. The number of carbonyl (C=O) groups is 2. The Labute approximate surface area is 209 Å². The number of hydrogen-bond donors (Lipinski definition) is 4.